The van der Waals surface area contributed by atoms with Gasteiger partial charge < -0.3 is 33.3 Å². The Labute approximate surface area is 359 Å². The van der Waals surface area contributed by atoms with Crippen LogP contribution in [0.25, 0.3) is 0 Å². The average Bonchev–Trinajstić information content (AvgIpc) is 3.84. The first-order valence-corrected chi connectivity index (χ1v) is 21.4. The van der Waals surface area contributed by atoms with E-state index in [-0.39, 0.29) is 29.7 Å². The van der Waals surface area contributed by atoms with Crippen LogP contribution in [0.5, 0.6) is 11.5 Å². The molecule has 7 atom stereocenters. The number of aryl methyl sites for hydroxylation is 1. The predicted octanol–water partition coefficient (Wildman–Crippen LogP) is 4.80. The molecule has 18 nitrogen and oxygen atoms in total. The Balaban J connectivity index is 1.20. The average molecular weight is 893 g/mol. The third-order valence-electron chi connectivity index (χ3n) is 10.6. The first kappa shape index (κ1) is 44.6. The van der Waals surface area contributed by atoms with E-state index < -0.39 is 79.8 Å². The molecule has 0 saturated carbocycles. The summed E-state index contributed by atoms with van der Waals surface area (Å²) in [6, 6.07) is 25.6. The topological polar surface area (TPSA) is 221 Å². The molecule has 0 spiro atoms. The first-order valence-electron chi connectivity index (χ1n) is 19.5. The van der Waals surface area contributed by atoms with Crippen molar-refractivity contribution in [2.24, 2.45) is 0 Å². The van der Waals surface area contributed by atoms with Crippen molar-refractivity contribution in [1.82, 2.24) is 19.1 Å². The summed E-state index contributed by atoms with van der Waals surface area (Å²) in [4.78, 5) is 66.1. The summed E-state index contributed by atoms with van der Waals surface area (Å²) in [7, 11) is -1.90. The van der Waals surface area contributed by atoms with Crippen molar-refractivity contribution in [3.63, 3.8) is 0 Å². The van der Waals surface area contributed by atoms with Crippen LogP contribution in [0.1, 0.15) is 54.5 Å². The lowest BCUT2D eigenvalue weighted by Crippen LogP contribution is -2.38. The molecule has 3 N–H and O–H groups in total. The molecule has 3 aromatic carbocycles. The zero-order valence-corrected chi connectivity index (χ0v) is 35.7. The Morgan fingerprint density at radius 2 is 1.35 bits per heavy atom. The molecule has 2 aliphatic heterocycles. The van der Waals surface area contributed by atoms with Crippen LogP contribution in [0.3, 0.4) is 0 Å². The summed E-state index contributed by atoms with van der Waals surface area (Å²) < 4.78 is 63.6. The lowest BCUT2D eigenvalue weighted by molar-refractivity contribution is -0.150. The molecule has 5 aromatic rings. The van der Waals surface area contributed by atoms with Gasteiger partial charge in [0.2, 0.25) is 0 Å². The number of benzene rings is 3. The zero-order chi connectivity index (χ0) is 44.2. The largest absolute Gasteiger partial charge is 0.497 e. The van der Waals surface area contributed by atoms with Gasteiger partial charge in [-0.3, -0.25) is 37.7 Å². The molecule has 7 rings (SSSR count). The second-order valence-corrected chi connectivity index (χ2v) is 16.4. The predicted molar refractivity (Wildman–Crippen MR) is 223 cm³/mol. The summed E-state index contributed by atoms with van der Waals surface area (Å²) in [6.45, 7) is 1.85. The number of aromatic amines is 2. The first-order chi connectivity index (χ1) is 29.7. The maximum atomic E-state index is 13.9. The molecule has 2 fully saturated rings. The molecule has 328 valence electrons. The minimum Gasteiger partial charge on any atom is -0.497 e. The van der Waals surface area contributed by atoms with Gasteiger partial charge in [-0.15, -0.1) is 0 Å². The number of nitrogens with one attached hydrogen (secondary N) is 2. The van der Waals surface area contributed by atoms with Gasteiger partial charge in [-0.2, -0.15) is 0 Å². The van der Waals surface area contributed by atoms with Gasteiger partial charge in [0.05, 0.1) is 27.4 Å². The van der Waals surface area contributed by atoms with Gasteiger partial charge in [0.25, 0.3) is 5.56 Å². The second-order valence-electron chi connectivity index (χ2n) is 14.6. The molecule has 20 heteroatoms. The molecule has 0 amide bonds. The fourth-order valence-corrected chi connectivity index (χ4v) is 8.70. The van der Waals surface area contributed by atoms with Crippen LogP contribution in [0, 0.1) is 11.6 Å². The molecular formula is C42H45N4O14PS. The fraction of sp³-hybridized carbons (Fsp3) is 0.357. The van der Waals surface area contributed by atoms with E-state index in [0.717, 1.165) is 5.56 Å². The van der Waals surface area contributed by atoms with Gasteiger partial charge in [0, 0.05) is 37.7 Å². The van der Waals surface area contributed by atoms with Crippen LogP contribution < -0.4 is 26.4 Å². The summed E-state index contributed by atoms with van der Waals surface area (Å²) in [5.74, 6) is 0.572. The number of nitrogens with zero attached hydrogens (tertiary/aromatic N) is 2. The normalized spacial score (nSPS) is 22.2. The van der Waals surface area contributed by atoms with Gasteiger partial charge in [-0.25, -0.2) is 14.2 Å². The lowest BCUT2D eigenvalue weighted by atomic mass is 9.80. The number of carbonyl (C=O) groups is 1. The summed E-state index contributed by atoms with van der Waals surface area (Å²) in [5.41, 5.74) is -0.911. The van der Waals surface area contributed by atoms with Crippen LogP contribution in [0.4, 0.5) is 0 Å². The molecule has 0 bridgehead atoms. The standard InChI is InChI=1S/C42H45N4O14PS/c1-25-22-46(41(50)44-39(25)48)38-21-33(60-61(51,52)56-24-35-32(57-26(2)47)20-37(59-35)45-19-18-36(62)43-40(45)49)34(58-38)23-55-42(27-8-6-5-7-9-27,28-10-14-30(53-3)15-11-28)29-12-16-31(54-4)17-13-29/h5-19,22,32-35,37-38H,20-21,23-24H2,1-4H3,(H,51,52)(H,43,49,62)(H,44,48,50)/t32-,33-,34+,35+,37+,38+/m0/s1. The van der Waals surface area contributed by atoms with E-state index in [1.807, 2.05) is 54.6 Å². The smallest absolute Gasteiger partial charge is 0.472 e. The van der Waals surface area contributed by atoms with E-state index in [0.29, 0.717) is 22.6 Å². The molecule has 2 aromatic heterocycles. The molecule has 1 unspecified atom stereocenters. The van der Waals surface area contributed by atoms with Crippen molar-refractivity contribution in [2.45, 2.75) is 69.2 Å². The van der Waals surface area contributed by atoms with Gasteiger partial charge in [0.1, 0.15) is 58.6 Å². The molecule has 62 heavy (non-hydrogen) atoms. The molecular weight excluding hydrogens is 848 g/mol. The van der Waals surface area contributed by atoms with Gasteiger partial charge in [0.15, 0.2) is 0 Å². The number of rotatable bonds is 16. The van der Waals surface area contributed by atoms with Crippen LogP contribution in [0.2, 0.25) is 0 Å². The van der Waals surface area contributed by atoms with E-state index in [9.17, 15) is 28.6 Å². The van der Waals surface area contributed by atoms with E-state index in [4.69, 9.17) is 49.7 Å². The molecule has 0 aliphatic carbocycles. The van der Waals surface area contributed by atoms with E-state index in [1.54, 1.807) is 38.5 Å². The Morgan fingerprint density at radius 3 is 1.94 bits per heavy atom. The number of hydrogen-bond donors (Lipinski definition) is 3. The number of phosphoric ester groups is 1. The van der Waals surface area contributed by atoms with Crippen LogP contribution in [-0.2, 0) is 43.0 Å². The maximum absolute atomic E-state index is 13.9. The second kappa shape index (κ2) is 18.9. The van der Waals surface area contributed by atoms with Crippen LogP contribution >= 0.6 is 20.0 Å². The Hall–Kier alpha value is -5.50. The Kier molecular flexibility index (Phi) is 13.6. The monoisotopic (exact) mass is 892 g/mol. The van der Waals surface area contributed by atoms with Crippen molar-refractivity contribution >= 4 is 26.0 Å². The van der Waals surface area contributed by atoms with Crippen molar-refractivity contribution in [3.05, 3.63) is 156 Å². The SMILES string of the molecule is COc1ccc(C(OC[C@H]2O[C@@H](n3cc(C)c(=O)[nH]c3=O)C[C@@H]2OP(=O)(O)OC[C@H]2O[C@@H](n3ccc(=S)[nH]c3=O)C[C@@H]2OC(C)=O)(c2ccccc2)c2ccc(OC)cc2)cc1. The number of esters is 1. The van der Waals surface area contributed by atoms with Crippen molar-refractivity contribution in [2.75, 3.05) is 27.4 Å². The quantitative estimate of drug-likeness (QED) is 0.0524. The van der Waals surface area contributed by atoms with Crippen molar-refractivity contribution in [3.8, 4) is 11.5 Å². The summed E-state index contributed by atoms with van der Waals surface area (Å²) in [6.07, 6.45) is -3.85. The third kappa shape index (κ3) is 9.75. The Bertz CT molecular complexity index is 2600. The van der Waals surface area contributed by atoms with E-state index >= 15 is 0 Å². The van der Waals surface area contributed by atoms with Crippen LogP contribution in [0.15, 0.2) is 112 Å². The number of aromatic nitrogens is 4. The number of phosphoric acid groups is 1. The number of hydrogen-bond acceptors (Lipinski definition) is 14. The highest BCUT2D eigenvalue weighted by molar-refractivity contribution is 7.71. The highest BCUT2D eigenvalue weighted by atomic mass is 32.1. The molecule has 2 aliphatic rings. The minimum absolute atomic E-state index is 0.0190. The fourth-order valence-electron chi connectivity index (χ4n) is 7.60. The summed E-state index contributed by atoms with van der Waals surface area (Å²) >= 11 is 5.03. The van der Waals surface area contributed by atoms with Gasteiger partial charge in [-0.05, 0) is 53.9 Å². The molecule has 0 radical (unpaired) electrons. The van der Waals surface area contributed by atoms with Gasteiger partial charge >= 0.3 is 25.2 Å². The lowest BCUT2D eigenvalue weighted by Gasteiger charge is -2.37. The highest BCUT2D eigenvalue weighted by Gasteiger charge is 2.47. The third-order valence-corrected chi connectivity index (χ3v) is 11.9. The number of H-pyrrole nitrogens is 2. The minimum atomic E-state index is -5.02. The molecule has 4 heterocycles. The number of ether oxygens (including phenoxy) is 6. The Morgan fingerprint density at radius 1 is 0.806 bits per heavy atom. The van der Waals surface area contributed by atoms with Crippen molar-refractivity contribution < 1.29 is 51.7 Å². The van der Waals surface area contributed by atoms with Crippen LogP contribution in [-0.4, -0.2) is 81.8 Å². The molecule has 2 saturated heterocycles. The maximum Gasteiger partial charge on any atom is 0.472 e. The highest BCUT2D eigenvalue weighted by Crippen LogP contribution is 2.50. The number of methoxy groups -OCH3 is 2. The van der Waals surface area contributed by atoms with Crippen molar-refractivity contribution in [1.29, 1.82) is 0 Å². The van der Waals surface area contributed by atoms with E-state index in [1.165, 1.54) is 41.4 Å². The number of carbonyl (C=O) groups excluding carboxylic acids is 1. The van der Waals surface area contributed by atoms with E-state index in [2.05, 4.69) is 9.97 Å². The summed E-state index contributed by atoms with van der Waals surface area (Å²) in [5, 5.41) is 0. The zero-order valence-electron chi connectivity index (χ0n) is 34.0. The van der Waals surface area contributed by atoms with Gasteiger partial charge in [-0.1, -0.05) is 66.8 Å².